The van der Waals surface area contributed by atoms with Gasteiger partial charge in [0.15, 0.2) is 5.82 Å². The second-order valence-electron chi connectivity index (χ2n) is 6.57. The number of fused-ring (bicyclic) bond motifs is 1. The fraction of sp³-hybridized carbons (Fsp3) is 0.316. The van der Waals surface area contributed by atoms with Crippen molar-refractivity contribution in [2.24, 2.45) is 5.92 Å². The molecule has 134 valence electrons. The summed E-state index contributed by atoms with van der Waals surface area (Å²) in [6.45, 7) is 2.26. The van der Waals surface area contributed by atoms with Crippen LogP contribution in [0.1, 0.15) is 33.5 Å². The number of anilines is 1. The molecule has 0 bridgehead atoms. The summed E-state index contributed by atoms with van der Waals surface area (Å²) in [7, 11) is 1.61. The largest absolute Gasteiger partial charge is 0.496 e. The molecule has 3 aromatic rings. The molecular weight excluding hydrogens is 348 g/mol. The number of hydrogen-bond acceptors (Lipinski definition) is 5. The summed E-state index contributed by atoms with van der Waals surface area (Å²) in [6, 6.07) is 9.54. The van der Waals surface area contributed by atoms with Crippen molar-refractivity contribution < 1.29 is 9.53 Å². The minimum Gasteiger partial charge on any atom is -0.496 e. The van der Waals surface area contributed by atoms with E-state index in [1.54, 1.807) is 18.4 Å². The topological polar surface area (TPSA) is 79.9 Å². The van der Waals surface area contributed by atoms with Crippen LogP contribution in [0.15, 0.2) is 30.3 Å². The Labute approximate surface area is 155 Å². The number of carbonyl (C=O) groups excluding carboxylic acids is 1. The van der Waals surface area contributed by atoms with E-state index >= 15 is 0 Å². The maximum absolute atomic E-state index is 12.6. The average Bonchev–Trinajstić information content (AvgIpc) is 3.28. The van der Waals surface area contributed by atoms with E-state index in [2.05, 4.69) is 27.4 Å². The van der Waals surface area contributed by atoms with Gasteiger partial charge in [0.1, 0.15) is 5.75 Å². The van der Waals surface area contributed by atoms with Crippen molar-refractivity contribution in [1.82, 2.24) is 15.2 Å². The third-order valence-electron chi connectivity index (χ3n) is 4.63. The van der Waals surface area contributed by atoms with Crippen molar-refractivity contribution in [3.63, 3.8) is 0 Å². The number of ether oxygens (including phenoxy) is 1. The highest BCUT2D eigenvalue weighted by Gasteiger charge is 2.21. The minimum absolute atomic E-state index is 0.164. The van der Waals surface area contributed by atoms with E-state index < -0.39 is 0 Å². The zero-order valence-corrected chi connectivity index (χ0v) is 15.5. The summed E-state index contributed by atoms with van der Waals surface area (Å²) in [5, 5.41) is 9.75. The van der Waals surface area contributed by atoms with Crippen molar-refractivity contribution >= 4 is 23.2 Å². The molecule has 2 N–H and O–H groups in total. The number of benzene rings is 1. The number of rotatable bonds is 4. The van der Waals surface area contributed by atoms with Crippen LogP contribution in [0.3, 0.4) is 0 Å². The normalized spacial score (nSPS) is 16.2. The lowest BCUT2D eigenvalue weighted by Crippen LogP contribution is -2.11. The Bertz CT molecular complexity index is 947. The zero-order chi connectivity index (χ0) is 18.1. The molecule has 0 aliphatic heterocycles. The summed E-state index contributed by atoms with van der Waals surface area (Å²) in [5.41, 5.74) is 2.10. The third kappa shape index (κ3) is 3.22. The molecule has 0 saturated carbocycles. The summed E-state index contributed by atoms with van der Waals surface area (Å²) in [6.07, 6.45) is 3.31. The first-order valence-electron chi connectivity index (χ1n) is 8.62. The van der Waals surface area contributed by atoms with Crippen LogP contribution in [-0.4, -0.2) is 28.2 Å². The maximum Gasteiger partial charge on any atom is 0.268 e. The lowest BCUT2D eigenvalue weighted by Gasteiger charge is -2.16. The highest BCUT2D eigenvalue weighted by molar-refractivity contribution is 7.14. The molecule has 0 radical (unpaired) electrons. The number of thiophene rings is 1. The van der Waals surface area contributed by atoms with Crippen LogP contribution in [0.5, 0.6) is 5.75 Å². The Kier molecular flexibility index (Phi) is 4.46. The summed E-state index contributed by atoms with van der Waals surface area (Å²) >= 11 is 1.58. The molecule has 26 heavy (non-hydrogen) atoms. The molecule has 1 amide bonds. The fourth-order valence-corrected chi connectivity index (χ4v) is 4.36. The van der Waals surface area contributed by atoms with Gasteiger partial charge >= 0.3 is 0 Å². The highest BCUT2D eigenvalue weighted by atomic mass is 32.1. The van der Waals surface area contributed by atoms with Gasteiger partial charge in [-0.05, 0) is 48.9 Å². The average molecular weight is 368 g/mol. The van der Waals surface area contributed by atoms with Gasteiger partial charge in [-0.3, -0.25) is 15.2 Å². The van der Waals surface area contributed by atoms with Gasteiger partial charge < -0.3 is 4.74 Å². The SMILES string of the molecule is COc1ccccc1-c1nc(NC(=O)c2cc3c(s2)CCC(C)C3)n[nH]1. The number of nitrogens with zero attached hydrogens (tertiary/aromatic N) is 2. The van der Waals surface area contributed by atoms with Crippen LogP contribution >= 0.6 is 11.3 Å². The first kappa shape index (κ1) is 16.8. The molecule has 1 aliphatic carbocycles. The quantitative estimate of drug-likeness (QED) is 0.731. The smallest absolute Gasteiger partial charge is 0.268 e. The van der Waals surface area contributed by atoms with Crippen molar-refractivity contribution in [3.05, 3.63) is 45.6 Å². The molecule has 6 nitrogen and oxygen atoms in total. The van der Waals surface area contributed by atoms with Crippen LogP contribution in [0.4, 0.5) is 5.95 Å². The molecule has 1 atom stereocenters. The molecule has 0 spiro atoms. The Morgan fingerprint density at radius 2 is 2.23 bits per heavy atom. The first-order chi connectivity index (χ1) is 12.6. The van der Waals surface area contributed by atoms with Gasteiger partial charge in [-0.25, -0.2) is 0 Å². The van der Waals surface area contributed by atoms with Gasteiger partial charge in [0, 0.05) is 4.88 Å². The van der Waals surface area contributed by atoms with Crippen molar-refractivity contribution in [2.45, 2.75) is 26.2 Å². The van der Waals surface area contributed by atoms with E-state index in [4.69, 9.17) is 4.74 Å². The molecule has 1 aromatic carbocycles. The lowest BCUT2D eigenvalue weighted by atomic mass is 9.90. The minimum atomic E-state index is -0.164. The number of hydrogen-bond donors (Lipinski definition) is 2. The van der Waals surface area contributed by atoms with Gasteiger partial charge in [-0.2, -0.15) is 4.98 Å². The Morgan fingerprint density at radius 1 is 1.38 bits per heavy atom. The molecule has 7 heteroatoms. The number of aryl methyl sites for hydroxylation is 1. The lowest BCUT2D eigenvalue weighted by molar-refractivity contribution is 0.102. The third-order valence-corrected chi connectivity index (χ3v) is 5.86. The van der Waals surface area contributed by atoms with Gasteiger partial charge in [0.2, 0.25) is 5.95 Å². The van der Waals surface area contributed by atoms with Crippen molar-refractivity contribution in [3.8, 4) is 17.1 Å². The molecule has 2 heterocycles. The van der Waals surface area contributed by atoms with E-state index in [9.17, 15) is 4.79 Å². The summed E-state index contributed by atoms with van der Waals surface area (Å²) in [4.78, 5) is 19.0. The predicted molar refractivity (Wildman–Crippen MR) is 102 cm³/mol. The van der Waals surface area contributed by atoms with Crippen molar-refractivity contribution in [1.29, 1.82) is 0 Å². The van der Waals surface area contributed by atoms with E-state index in [1.165, 1.54) is 16.9 Å². The van der Waals surface area contributed by atoms with Crippen molar-refractivity contribution in [2.75, 3.05) is 12.4 Å². The maximum atomic E-state index is 12.6. The summed E-state index contributed by atoms with van der Waals surface area (Å²) < 4.78 is 5.34. The number of amides is 1. The van der Waals surface area contributed by atoms with Gasteiger partial charge in [-0.15, -0.1) is 16.4 Å². The first-order valence-corrected chi connectivity index (χ1v) is 9.44. The molecule has 0 fully saturated rings. The van der Waals surface area contributed by atoms with Gasteiger partial charge in [0.25, 0.3) is 5.91 Å². The molecule has 1 unspecified atom stereocenters. The van der Waals surface area contributed by atoms with Gasteiger partial charge in [-0.1, -0.05) is 19.1 Å². The fourth-order valence-electron chi connectivity index (χ4n) is 3.26. The second kappa shape index (κ2) is 6.92. The van der Waals surface area contributed by atoms with Crippen LogP contribution in [0.2, 0.25) is 0 Å². The molecule has 2 aromatic heterocycles. The van der Waals surface area contributed by atoms with E-state index in [0.29, 0.717) is 22.4 Å². The highest BCUT2D eigenvalue weighted by Crippen LogP contribution is 2.32. The number of nitrogens with one attached hydrogen (secondary N) is 2. The Morgan fingerprint density at radius 3 is 3.08 bits per heavy atom. The number of aromatic amines is 1. The number of para-hydroxylation sites is 1. The number of methoxy groups -OCH3 is 1. The zero-order valence-electron chi connectivity index (χ0n) is 14.7. The predicted octanol–water partition coefficient (Wildman–Crippen LogP) is 3.92. The Balaban J connectivity index is 1.52. The van der Waals surface area contributed by atoms with Gasteiger partial charge in [0.05, 0.1) is 17.6 Å². The Hall–Kier alpha value is -2.67. The monoisotopic (exact) mass is 368 g/mol. The van der Waals surface area contributed by atoms with Crippen LogP contribution in [0.25, 0.3) is 11.4 Å². The molecule has 1 aliphatic rings. The number of aromatic nitrogens is 3. The molecular formula is C19H20N4O2S. The van der Waals surface area contributed by atoms with Crippen LogP contribution in [0, 0.1) is 5.92 Å². The van der Waals surface area contributed by atoms with Crippen LogP contribution in [-0.2, 0) is 12.8 Å². The van der Waals surface area contributed by atoms with E-state index in [0.717, 1.165) is 18.4 Å². The molecule has 4 rings (SSSR count). The summed E-state index contributed by atoms with van der Waals surface area (Å²) in [5.74, 6) is 2.03. The molecule has 0 saturated heterocycles. The number of H-pyrrole nitrogens is 1. The van der Waals surface area contributed by atoms with E-state index in [-0.39, 0.29) is 11.9 Å². The standard InChI is InChI=1S/C19H20N4O2S/c1-11-7-8-15-12(9-11)10-16(26-15)18(24)21-19-20-17(22-23-19)13-5-3-4-6-14(13)25-2/h3-6,10-11H,7-9H2,1-2H3,(H2,20,21,22,23,24). The van der Waals surface area contributed by atoms with Crippen LogP contribution < -0.4 is 10.1 Å². The second-order valence-corrected chi connectivity index (χ2v) is 7.71. The number of carbonyl (C=O) groups is 1. The van der Waals surface area contributed by atoms with E-state index in [1.807, 2.05) is 30.3 Å².